The second-order valence-electron chi connectivity index (χ2n) is 5.06. The summed E-state index contributed by atoms with van der Waals surface area (Å²) in [7, 11) is 0. The molecule has 2 aromatic carbocycles. The number of hydrogen-bond acceptors (Lipinski definition) is 3. The molecular weight excluding hydrogens is 330 g/mol. The van der Waals surface area contributed by atoms with Crippen molar-refractivity contribution >= 4 is 32.7 Å². The minimum absolute atomic E-state index is 0.711. The molecule has 1 aromatic heterocycles. The van der Waals surface area contributed by atoms with E-state index in [0.717, 1.165) is 44.7 Å². The summed E-state index contributed by atoms with van der Waals surface area (Å²) in [6, 6.07) is 14.1. The smallest absolute Gasteiger partial charge is 0.141 e. The third-order valence-electron chi connectivity index (χ3n) is 3.87. The number of imidazole rings is 1. The largest absolute Gasteiger partial charge is 0.411 e. The van der Waals surface area contributed by atoms with E-state index >= 15 is 0 Å². The number of oxime groups is 1. The molecule has 0 amide bonds. The van der Waals surface area contributed by atoms with E-state index in [0.29, 0.717) is 6.42 Å². The maximum atomic E-state index is 9.18. The van der Waals surface area contributed by atoms with Crippen molar-refractivity contribution in [2.24, 2.45) is 5.16 Å². The van der Waals surface area contributed by atoms with Gasteiger partial charge in [0.1, 0.15) is 5.82 Å². The van der Waals surface area contributed by atoms with Crippen LogP contribution >= 0.6 is 15.9 Å². The van der Waals surface area contributed by atoms with Crippen LogP contribution in [0.4, 0.5) is 0 Å². The number of rotatable bonds is 1. The summed E-state index contributed by atoms with van der Waals surface area (Å²) in [5, 5.41) is 12.6. The minimum atomic E-state index is 0.711. The van der Waals surface area contributed by atoms with Gasteiger partial charge < -0.3 is 9.77 Å². The summed E-state index contributed by atoms with van der Waals surface area (Å²) in [4.78, 5) is 4.76. The molecular formula is C16H12BrN3O. The van der Waals surface area contributed by atoms with Gasteiger partial charge in [-0.2, -0.15) is 0 Å². The van der Waals surface area contributed by atoms with E-state index in [4.69, 9.17) is 4.98 Å². The molecule has 4 nitrogen and oxygen atoms in total. The zero-order valence-electron chi connectivity index (χ0n) is 11.1. The Kier molecular flexibility index (Phi) is 2.82. The number of hydrogen-bond donors (Lipinski definition) is 1. The molecule has 4 rings (SSSR count). The summed E-state index contributed by atoms with van der Waals surface area (Å²) in [6.45, 7) is 0.776. The lowest BCUT2D eigenvalue weighted by Crippen LogP contribution is -2.15. The van der Waals surface area contributed by atoms with Gasteiger partial charge in [0.25, 0.3) is 0 Å². The van der Waals surface area contributed by atoms with Crippen LogP contribution in [0.15, 0.2) is 52.1 Å². The highest BCUT2D eigenvalue weighted by Crippen LogP contribution is 2.31. The van der Waals surface area contributed by atoms with Gasteiger partial charge in [-0.15, -0.1) is 0 Å². The van der Waals surface area contributed by atoms with Crippen molar-refractivity contribution in [3.05, 3.63) is 52.5 Å². The first-order valence-electron chi connectivity index (χ1n) is 6.74. The fraction of sp³-hybridized carbons (Fsp3) is 0.125. The molecule has 0 spiro atoms. The van der Waals surface area contributed by atoms with Crippen LogP contribution in [0.3, 0.4) is 0 Å². The fourth-order valence-electron chi connectivity index (χ4n) is 2.91. The minimum Gasteiger partial charge on any atom is -0.411 e. The Balaban J connectivity index is 2.01. The van der Waals surface area contributed by atoms with Crippen LogP contribution in [0.25, 0.3) is 22.4 Å². The van der Waals surface area contributed by atoms with Crippen molar-refractivity contribution in [3.63, 3.8) is 0 Å². The molecule has 5 heteroatoms. The SMILES string of the molecule is O/N=C1\CCn2c(-c3ccc(Br)cc3)nc3cccc1c32. The molecule has 0 aliphatic carbocycles. The molecule has 0 saturated carbocycles. The number of para-hydroxylation sites is 1. The van der Waals surface area contributed by atoms with Gasteiger partial charge in [0.2, 0.25) is 0 Å². The van der Waals surface area contributed by atoms with Crippen LogP contribution in [0, 0.1) is 0 Å². The number of halogens is 1. The Bertz CT molecular complexity index is 865. The van der Waals surface area contributed by atoms with Gasteiger partial charge in [-0.3, -0.25) is 0 Å². The molecule has 0 fully saturated rings. The fourth-order valence-corrected chi connectivity index (χ4v) is 3.18. The highest BCUT2D eigenvalue weighted by atomic mass is 79.9. The summed E-state index contributed by atoms with van der Waals surface area (Å²) in [5.41, 5.74) is 4.78. The van der Waals surface area contributed by atoms with Crippen LogP contribution in [-0.4, -0.2) is 20.5 Å². The average molecular weight is 342 g/mol. The van der Waals surface area contributed by atoms with Crippen molar-refractivity contribution in [1.82, 2.24) is 9.55 Å². The Morgan fingerprint density at radius 2 is 1.95 bits per heavy atom. The van der Waals surface area contributed by atoms with Gasteiger partial charge in [0, 0.05) is 28.6 Å². The predicted molar refractivity (Wildman–Crippen MR) is 85.8 cm³/mol. The van der Waals surface area contributed by atoms with Crippen molar-refractivity contribution in [3.8, 4) is 11.4 Å². The predicted octanol–water partition coefficient (Wildman–Crippen LogP) is 4.05. The summed E-state index contributed by atoms with van der Waals surface area (Å²) in [5.74, 6) is 0.960. The molecule has 0 bridgehead atoms. The second-order valence-corrected chi connectivity index (χ2v) is 5.98. The van der Waals surface area contributed by atoms with E-state index in [9.17, 15) is 5.21 Å². The third-order valence-corrected chi connectivity index (χ3v) is 4.40. The standard InChI is InChI=1S/C16H12BrN3O/c17-11-6-4-10(5-7-11)16-18-14-3-1-2-12-13(19-21)8-9-20(16)15(12)14/h1-7,21H,8-9H2/b19-13+. The van der Waals surface area contributed by atoms with Crippen molar-refractivity contribution in [2.75, 3.05) is 0 Å². The van der Waals surface area contributed by atoms with Gasteiger partial charge in [0.05, 0.1) is 16.7 Å². The molecule has 0 radical (unpaired) electrons. The maximum absolute atomic E-state index is 9.18. The van der Waals surface area contributed by atoms with Crippen molar-refractivity contribution in [2.45, 2.75) is 13.0 Å². The maximum Gasteiger partial charge on any atom is 0.141 e. The molecule has 3 aromatic rings. The molecule has 0 atom stereocenters. The summed E-state index contributed by atoms with van der Waals surface area (Å²) < 4.78 is 3.26. The van der Waals surface area contributed by atoms with Gasteiger partial charge in [-0.25, -0.2) is 4.98 Å². The molecule has 104 valence electrons. The van der Waals surface area contributed by atoms with Crippen LogP contribution < -0.4 is 0 Å². The average Bonchev–Trinajstić information content (AvgIpc) is 2.89. The Morgan fingerprint density at radius 1 is 1.14 bits per heavy atom. The number of aryl methyl sites for hydroxylation is 1. The number of nitrogens with zero attached hydrogens (tertiary/aromatic N) is 3. The van der Waals surface area contributed by atoms with E-state index in [1.54, 1.807) is 0 Å². The van der Waals surface area contributed by atoms with E-state index in [1.807, 2.05) is 30.3 Å². The third kappa shape index (κ3) is 1.88. The zero-order chi connectivity index (χ0) is 14.4. The monoisotopic (exact) mass is 341 g/mol. The molecule has 0 saturated heterocycles. The highest BCUT2D eigenvalue weighted by Gasteiger charge is 2.22. The summed E-state index contributed by atoms with van der Waals surface area (Å²) >= 11 is 3.46. The van der Waals surface area contributed by atoms with E-state index in [2.05, 4.69) is 37.8 Å². The van der Waals surface area contributed by atoms with Crippen molar-refractivity contribution in [1.29, 1.82) is 0 Å². The highest BCUT2D eigenvalue weighted by molar-refractivity contribution is 9.10. The molecule has 1 aliphatic heterocycles. The quantitative estimate of drug-likeness (QED) is 0.536. The molecule has 1 aliphatic rings. The zero-order valence-corrected chi connectivity index (χ0v) is 12.7. The topological polar surface area (TPSA) is 50.4 Å². The number of benzene rings is 2. The second kappa shape index (κ2) is 4.70. The molecule has 1 N–H and O–H groups in total. The Morgan fingerprint density at radius 3 is 2.71 bits per heavy atom. The van der Waals surface area contributed by atoms with Crippen LogP contribution in [0.2, 0.25) is 0 Å². The first kappa shape index (κ1) is 12.6. The lowest BCUT2D eigenvalue weighted by molar-refractivity contribution is 0.317. The van der Waals surface area contributed by atoms with E-state index in [1.165, 1.54) is 0 Å². The van der Waals surface area contributed by atoms with Crippen LogP contribution in [0.5, 0.6) is 0 Å². The normalized spacial score (nSPS) is 15.8. The van der Waals surface area contributed by atoms with Gasteiger partial charge in [-0.1, -0.05) is 45.4 Å². The number of aromatic nitrogens is 2. The molecule has 0 unspecified atom stereocenters. The Labute approximate surface area is 129 Å². The van der Waals surface area contributed by atoms with E-state index in [-0.39, 0.29) is 0 Å². The molecule has 2 heterocycles. The first-order valence-corrected chi connectivity index (χ1v) is 7.54. The Hall–Kier alpha value is -2.14. The van der Waals surface area contributed by atoms with Gasteiger partial charge in [-0.05, 0) is 18.2 Å². The lowest BCUT2D eigenvalue weighted by Gasteiger charge is -2.17. The first-order chi connectivity index (χ1) is 10.3. The van der Waals surface area contributed by atoms with Crippen molar-refractivity contribution < 1.29 is 5.21 Å². The van der Waals surface area contributed by atoms with Crippen LogP contribution in [-0.2, 0) is 6.54 Å². The lowest BCUT2D eigenvalue weighted by atomic mass is 10.0. The van der Waals surface area contributed by atoms with Gasteiger partial charge >= 0.3 is 0 Å². The van der Waals surface area contributed by atoms with Crippen LogP contribution in [0.1, 0.15) is 12.0 Å². The van der Waals surface area contributed by atoms with E-state index < -0.39 is 0 Å². The summed E-state index contributed by atoms with van der Waals surface area (Å²) in [6.07, 6.45) is 0.711. The van der Waals surface area contributed by atoms with Gasteiger partial charge in [0.15, 0.2) is 0 Å². The molecule has 21 heavy (non-hydrogen) atoms.